The Morgan fingerprint density at radius 3 is 2.44 bits per heavy atom. The molecule has 0 fully saturated rings. The van der Waals surface area contributed by atoms with Crippen molar-refractivity contribution in [2.45, 2.75) is 18.5 Å². The Morgan fingerprint density at radius 2 is 1.94 bits per heavy atom. The van der Waals surface area contributed by atoms with Crippen molar-refractivity contribution < 1.29 is 25.5 Å². The topological polar surface area (TPSA) is 117 Å². The summed E-state index contributed by atoms with van der Waals surface area (Å²) < 4.78 is 0. The van der Waals surface area contributed by atoms with Crippen molar-refractivity contribution in [1.29, 1.82) is 0 Å². The van der Waals surface area contributed by atoms with Gasteiger partial charge in [0, 0.05) is 6.42 Å². The smallest absolute Gasteiger partial charge is 0.279 e. The molecule has 0 unspecified atom stereocenters. The van der Waals surface area contributed by atoms with Gasteiger partial charge in [-0.15, -0.1) is 0 Å². The Morgan fingerprint density at radius 1 is 1.33 bits per heavy atom. The van der Waals surface area contributed by atoms with Gasteiger partial charge in [0.05, 0.1) is 18.6 Å². The van der Waals surface area contributed by atoms with Gasteiger partial charge >= 0.3 is 0 Å². The van der Waals surface area contributed by atoms with Crippen LogP contribution in [0, 0.1) is 0 Å². The lowest BCUT2D eigenvalue weighted by Gasteiger charge is -2.18. The molecule has 6 nitrogen and oxygen atoms in total. The first-order valence-corrected chi connectivity index (χ1v) is 5.53. The fourth-order valence-corrected chi connectivity index (χ4v) is 1.46. The van der Waals surface area contributed by atoms with Crippen molar-refractivity contribution in [2.75, 3.05) is 6.61 Å². The molecule has 1 rings (SSSR count). The Labute approximate surface area is 104 Å². The molecule has 18 heavy (non-hydrogen) atoms. The average molecular weight is 252 g/mol. The van der Waals surface area contributed by atoms with Crippen LogP contribution in [0.15, 0.2) is 30.3 Å². The van der Waals surface area contributed by atoms with E-state index < -0.39 is 30.6 Å². The van der Waals surface area contributed by atoms with Crippen LogP contribution in [0.2, 0.25) is 0 Å². The highest BCUT2D eigenvalue weighted by atomic mass is 16.4. The fourth-order valence-electron chi connectivity index (χ4n) is 1.46. The van der Waals surface area contributed by atoms with Crippen LogP contribution in [0.25, 0.3) is 0 Å². The van der Waals surface area contributed by atoms with Crippen LogP contribution >= 0.6 is 0 Å². The predicted molar refractivity (Wildman–Crippen MR) is 60.8 cm³/mol. The number of aliphatic hydroxyl groups is 1. The first-order chi connectivity index (χ1) is 8.54. The molecular weight excluding hydrogens is 236 g/mol. The number of benzene rings is 1. The van der Waals surface area contributed by atoms with Gasteiger partial charge in [-0.1, -0.05) is 30.3 Å². The summed E-state index contributed by atoms with van der Waals surface area (Å²) in [5.74, 6) is -2.04. The third-order valence-electron chi connectivity index (χ3n) is 2.48. The average Bonchev–Trinajstić information content (AvgIpc) is 2.36. The monoisotopic (exact) mass is 252 g/mol. The zero-order valence-electron chi connectivity index (χ0n) is 9.83. The second-order valence-electron chi connectivity index (χ2n) is 3.95. The van der Waals surface area contributed by atoms with Gasteiger partial charge in [-0.05, 0) is 5.56 Å². The fraction of sp³-hybridized carbons (Fsp3) is 0.333. The molecule has 0 saturated heterocycles. The van der Waals surface area contributed by atoms with Crippen LogP contribution < -0.4 is 16.2 Å². The van der Waals surface area contributed by atoms with E-state index in [1.807, 2.05) is 30.3 Å². The van der Waals surface area contributed by atoms with Crippen LogP contribution in [0.1, 0.15) is 5.56 Å². The molecular formula is C12H16N2O4. The Hall–Kier alpha value is -1.92. The lowest BCUT2D eigenvalue weighted by molar-refractivity contribution is -0.403. The quantitative estimate of drug-likeness (QED) is 0.502. The van der Waals surface area contributed by atoms with Gasteiger partial charge < -0.3 is 26.1 Å². The molecule has 98 valence electrons. The standard InChI is InChI=1S/C12H16N2O4/c13-9(6-8-4-2-1-3-5-8)11(16)14-10(7-15)12(17)18/h1-5,9-10,15H,6-7,13H2,(H,14,16)(H,17,18)/t9-,10+/m0/s1. The second kappa shape index (κ2) is 6.73. The summed E-state index contributed by atoms with van der Waals surface area (Å²) in [5.41, 5.74) is 4.60. The maximum absolute atomic E-state index is 11.6. The van der Waals surface area contributed by atoms with Crippen LogP contribution in [0.3, 0.4) is 0 Å². The summed E-state index contributed by atoms with van der Waals surface area (Å²) in [6, 6.07) is 7.24. The van der Waals surface area contributed by atoms with E-state index in [2.05, 4.69) is 11.1 Å². The van der Waals surface area contributed by atoms with E-state index in [9.17, 15) is 14.7 Å². The molecule has 0 aliphatic carbocycles. The van der Waals surface area contributed by atoms with Crippen molar-refractivity contribution in [3.8, 4) is 0 Å². The molecule has 0 aliphatic heterocycles. The molecule has 0 heterocycles. The number of quaternary nitrogens is 1. The highest BCUT2D eigenvalue weighted by Crippen LogP contribution is 2.01. The van der Waals surface area contributed by atoms with Crippen molar-refractivity contribution in [3.63, 3.8) is 0 Å². The Balaban J connectivity index is 2.54. The van der Waals surface area contributed by atoms with Crippen LogP contribution in [-0.4, -0.2) is 35.7 Å². The molecule has 1 aromatic carbocycles. The van der Waals surface area contributed by atoms with Gasteiger partial charge in [-0.3, -0.25) is 4.79 Å². The summed E-state index contributed by atoms with van der Waals surface area (Å²) in [5, 5.41) is 21.5. The number of carboxylic acids is 1. The van der Waals surface area contributed by atoms with Crippen molar-refractivity contribution >= 4 is 11.9 Å². The normalized spacial score (nSPS) is 13.7. The molecule has 6 heteroatoms. The van der Waals surface area contributed by atoms with Gasteiger partial charge in [0.2, 0.25) is 0 Å². The third kappa shape index (κ3) is 4.15. The highest BCUT2D eigenvalue weighted by molar-refractivity contribution is 5.85. The summed E-state index contributed by atoms with van der Waals surface area (Å²) >= 11 is 0. The zero-order valence-corrected chi connectivity index (χ0v) is 9.83. The molecule has 1 aromatic rings. The lowest BCUT2D eigenvalue weighted by Crippen LogP contribution is -2.70. The molecule has 0 aliphatic rings. The summed E-state index contributed by atoms with van der Waals surface area (Å²) in [6.45, 7) is -0.702. The SMILES string of the molecule is [NH3+][C@@H](Cc1ccccc1)C(=O)N[C@H](CO)C(=O)[O-]. The first-order valence-electron chi connectivity index (χ1n) is 5.53. The minimum Gasteiger partial charge on any atom is -0.548 e. The predicted octanol–water partition coefficient (Wildman–Crippen LogP) is -2.93. The molecule has 0 radical (unpaired) electrons. The minimum atomic E-state index is -1.52. The van der Waals surface area contributed by atoms with E-state index in [1.165, 1.54) is 0 Å². The number of carbonyl (C=O) groups is 2. The van der Waals surface area contributed by atoms with E-state index in [1.54, 1.807) is 0 Å². The highest BCUT2D eigenvalue weighted by Gasteiger charge is 2.21. The van der Waals surface area contributed by atoms with E-state index >= 15 is 0 Å². The van der Waals surface area contributed by atoms with Gasteiger partial charge in [0.15, 0.2) is 6.04 Å². The molecule has 0 bridgehead atoms. The number of hydrogen-bond donors (Lipinski definition) is 3. The van der Waals surface area contributed by atoms with Crippen molar-refractivity contribution in [3.05, 3.63) is 35.9 Å². The number of aliphatic carboxylic acids is 1. The summed E-state index contributed by atoms with van der Waals surface area (Å²) in [7, 11) is 0. The van der Waals surface area contributed by atoms with E-state index in [0.29, 0.717) is 6.42 Å². The second-order valence-corrected chi connectivity index (χ2v) is 3.95. The van der Waals surface area contributed by atoms with Gasteiger partial charge in [0.1, 0.15) is 0 Å². The molecule has 5 N–H and O–H groups in total. The van der Waals surface area contributed by atoms with Gasteiger partial charge in [-0.2, -0.15) is 0 Å². The number of amides is 1. The number of aliphatic hydroxyl groups excluding tert-OH is 1. The number of nitrogens with one attached hydrogen (secondary N) is 1. The van der Waals surface area contributed by atoms with Crippen LogP contribution in [0.5, 0.6) is 0 Å². The summed E-state index contributed by atoms with van der Waals surface area (Å²) in [6.07, 6.45) is 0.401. The van der Waals surface area contributed by atoms with Gasteiger partial charge in [-0.25, -0.2) is 0 Å². The lowest BCUT2D eigenvalue weighted by atomic mass is 10.1. The van der Waals surface area contributed by atoms with Crippen molar-refractivity contribution in [2.24, 2.45) is 0 Å². The number of rotatable bonds is 6. The molecule has 0 saturated carbocycles. The maximum atomic E-state index is 11.6. The van der Waals surface area contributed by atoms with Crippen molar-refractivity contribution in [1.82, 2.24) is 5.32 Å². The van der Waals surface area contributed by atoms with Crippen LogP contribution in [-0.2, 0) is 16.0 Å². The molecule has 0 spiro atoms. The Bertz CT molecular complexity index is 408. The Kier molecular flexibility index (Phi) is 5.29. The molecule has 0 aromatic heterocycles. The largest absolute Gasteiger partial charge is 0.548 e. The first kappa shape index (κ1) is 14.1. The maximum Gasteiger partial charge on any atom is 0.279 e. The third-order valence-corrected chi connectivity index (χ3v) is 2.48. The molecule has 2 atom stereocenters. The number of carboxylic acid groups (broad SMARTS) is 1. The molecule has 1 amide bonds. The van der Waals surface area contributed by atoms with Crippen LogP contribution in [0.4, 0.5) is 0 Å². The minimum absolute atomic E-state index is 0.401. The zero-order chi connectivity index (χ0) is 13.5. The number of carbonyl (C=O) groups excluding carboxylic acids is 2. The number of hydrogen-bond acceptors (Lipinski definition) is 4. The van der Waals surface area contributed by atoms with Gasteiger partial charge in [0.25, 0.3) is 5.91 Å². The van der Waals surface area contributed by atoms with E-state index in [-0.39, 0.29) is 0 Å². The van der Waals surface area contributed by atoms with E-state index in [4.69, 9.17) is 5.11 Å². The summed E-state index contributed by atoms with van der Waals surface area (Å²) in [4.78, 5) is 22.2. The van der Waals surface area contributed by atoms with E-state index in [0.717, 1.165) is 5.56 Å².